The molecule has 1 aromatic heterocycles. The van der Waals surface area contributed by atoms with Crippen molar-refractivity contribution in [2.75, 3.05) is 5.32 Å². The zero-order valence-electron chi connectivity index (χ0n) is 11.5. The average molecular weight is 273 g/mol. The average Bonchev–Trinajstić information content (AvgIpc) is 2.80. The van der Waals surface area contributed by atoms with Gasteiger partial charge < -0.3 is 10.4 Å². The first-order valence-electron chi connectivity index (χ1n) is 6.04. The van der Waals surface area contributed by atoms with E-state index in [1.165, 1.54) is 10.7 Å². The zero-order chi connectivity index (χ0) is 14.9. The van der Waals surface area contributed by atoms with E-state index in [0.717, 1.165) is 5.56 Å². The standard InChI is InChI=1S/C14H15N3O3/c1-8-6-10(7-11(9(8)2)14(19)20)15-13(18)12-4-5-17(3)16-12/h4-7H,1-3H3,(H,15,18)(H,19,20). The Labute approximate surface area is 116 Å². The number of carboxylic acid groups (broad SMARTS) is 1. The summed E-state index contributed by atoms with van der Waals surface area (Å²) in [7, 11) is 1.72. The minimum absolute atomic E-state index is 0.182. The highest BCUT2D eigenvalue weighted by molar-refractivity contribution is 6.03. The fourth-order valence-corrected chi connectivity index (χ4v) is 1.88. The second-order valence-corrected chi connectivity index (χ2v) is 4.60. The Morgan fingerprint density at radius 1 is 1.30 bits per heavy atom. The highest BCUT2D eigenvalue weighted by atomic mass is 16.4. The number of nitrogens with zero attached hydrogens (tertiary/aromatic N) is 2. The van der Waals surface area contributed by atoms with E-state index in [9.17, 15) is 9.59 Å². The molecule has 0 aliphatic heterocycles. The summed E-state index contributed by atoms with van der Waals surface area (Å²) in [6, 6.07) is 4.78. The first-order chi connectivity index (χ1) is 9.38. The number of aromatic nitrogens is 2. The van der Waals surface area contributed by atoms with Gasteiger partial charge in [0.15, 0.2) is 5.69 Å². The first kappa shape index (κ1) is 13.8. The number of carbonyl (C=O) groups excluding carboxylic acids is 1. The van der Waals surface area contributed by atoms with Crippen LogP contribution in [0.2, 0.25) is 0 Å². The van der Waals surface area contributed by atoms with Crippen LogP contribution in [0.5, 0.6) is 0 Å². The minimum atomic E-state index is -1.01. The Kier molecular flexibility index (Phi) is 3.56. The Hall–Kier alpha value is -2.63. The number of anilines is 1. The molecule has 0 aliphatic carbocycles. The van der Waals surface area contributed by atoms with Gasteiger partial charge in [0.2, 0.25) is 0 Å². The highest BCUT2D eigenvalue weighted by Gasteiger charge is 2.14. The van der Waals surface area contributed by atoms with Crippen molar-refractivity contribution in [1.82, 2.24) is 9.78 Å². The van der Waals surface area contributed by atoms with E-state index >= 15 is 0 Å². The van der Waals surface area contributed by atoms with Gasteiger partial charge in [0.1, 0.15) is 0 Å². The van der Waals surface area contributed by atoms with E-state index in [1.54, 1.807) is 39.2 Å². The second kappa shape index (κ2) is 5.16. The lowest BCUT2D eigenvalue weighted by molar-refractivity contribution is 0.0695. The van der Waals surface area contributed by atoms with Gasteiger partial charge >= 0.3 is 5.97 Å². The number of carbonyl (C=O) groups is 2. The monoisotopic (exact) mass is 273 g/mol. The van der Waals surface area contributed by atoms with Crippen LogP contribution in [-0.4, -0.2) is 26.8 Å². The third-order valence-corrected chi connectivity index (χ3v) is 3.10. The Balaban J connectivity index is 2.30. The Bertz CT molecular complexity index is 689. The number of hydrogen-bond acceptors (Lipinski definition) is 3. The summed E-state index contributed by atoms with van der Waals surface area (Å²) in [5, 5.41) is 15.8. The summed E-state index contributed by atoms with van der Waals surface area (Å²) in [6.07, 6.45) is 1.66. The predicted octanol–water partition coefficient (Wildman–Crippen LogP) is 1.99. The van der Waals surface area contributed by atoms with Crippen molar-refractivity contribution in [3.63, 3.8) is 0 Å². The normalized spacial score (nSPS) is 10.3. The van der Waals surface area contributed by atoms with Gasteiger partial charge in [-0.3, -0.25) is 9.48 Å². The van der Waals surface area contributed by atoms with Gasteiger partial charge in [0.05, 0.1) is 5.56 Å². The topological polar surface area (TPSA) is 84.2 Å². The van der Waals surface area contributed by atoms with Crippen molar-refractivity contribution in [3.8, 4) is 0 Å². The van der Waals surface area contributed by atoms with Crippen LogP contribution in [0.15, 0.2) is 24.4 Å². The molecule has 0 fully saturated rings. The SMILES string of the molecule is Cc1cc(NC(=O)c2ccn(C)n2)cc(C(=O)O)c1C. The maximum atomic E-state index is 12.0. The summed E-state index contributed by atoms with van der Waals surface area (Å²) in [6.45, 7) is 3.54. The summed E-state index contributed by atoms with van der Waals surface area (Å²) in [5.74, 6) is -1.38. The number of benzene rings is 1. The van der Waals surface area contributed by atoms with Crippen LogP contribution in [0.25, 0.3) is 0 Å². The molecule has 104 valence electrons. The van der Waals surface area contributed by atoms with Gasteiger partial charge in [0, 0.05) is 18.9 Å². The zero-order valence-corrected chi connectivity index (χ0v) is 11.5. The van der Waals surface area contributed by atoms with Crippen LogP contribution in [0.3, 0.4) is 0 Å². The third kappa shape index (κ3) is 2.69. The molecule has 20 heavy (non-hydrogen) atoms. The molecule has 0 saturated heterocycles. The van der Waals surface area contributed by atoms with Crippen molar-refractivity contribution in [2.45, 2.75) is 13.8 Å². The van der Waals surface area contributed by atoms with E-state index in [4.69, 9.17) is 5.11 Å². The maximum Gasteiger partial charge on any atom is 0.336 e. The number of amides is 1. The van der Waals surface area contributed by atoms with E-state index in [1.807, 2.05) is 0 Å². The summed E-state index contributed by atoms with van der Waals surface area (Å²) >= 11 is 0. The minimum Gasteiger partial charge on any atom is -0.478 e. The smallest absolute Gasteiger partial charge is 0.336 e. The molecule has 0 aliphatic rings. The molecule has 0 radical (unpaired) electrons. The van der Waals surface area contributed by atoms with Crippen LogP contribution < -0.4 is 5.32 Å². The van der Waals surface area contributed by atoms with E-state index in [0.29, 0.717) is 11.3 Å². The molecular weight excluding hydrogens is 258 g/mol. The number of hydrogen-bond donors (Lipinski definition) is 2. The molecule has 0 spiro atoms. The lowest BCUT2D eigenvalue weighted by Gasteiger charge is -2.10. The molecule has 2 N–H and O–H groups in total. The third-order valence-electron chi connectivity index (χ3n) is 3.10. The molecule has 0 bridgehead atoms. The molecule has 1 aromatic carbocycles. The summed E-state index contributed by atoms with van der Waals surface area (Å²) in [5.41, 5.74) is 2.40. The fourth-order valence-electron chi connectivity index (χ4n) is 1.88. The second-order valence-electron chi connectivity index (χ2n) is 4.60. The van der Waals surface area contributed by atoms with Crippen molar-refractivity contribution in [3.05, 3.63) is 46.8 Å². The summed E-state index contributed by atoms with van der Waals surface area (Å²) < 4.78 is 1.53. The van der Waals surface area contributed by atoms with Crippen LogP contribution in [0.4, 0.5) is 5.69 Å². The molecule has 1 amide bonds. The lowest BCUT2D eigenvalue weighted by Crippen LogP contribution is -2.14. The van der Waals surface area contributed by atoms with Gasteiger partial charge in [0.25, 0.3) is 5.91 Å². The number of carboxylic acids is 1. The van der Waals surface area contributed by atoms with Gasteiger partial charge in [-0.05, 0) is 43.2 Å². The van der Waals surface area contributed by atoms with E-state index in [-0.39, 0.29) is 17.2 Å². The first-order valence-corrected chi connectivity index (χ1v) is 6.04. The van der Waals surface area contributed by atoms with Gasteiger partial charge in [-0.25, -0.2) is 4.79 Å². The number of nitrogens with one attached hydrogen (secondary N) is 1. The highest BCUT2D eigenvalue weighted by Crippen LogP contribution is 2.20. The van der Waals surface area contributed by atoms with Crippen LogP contribution >= 0.6 is 0 Å². The van der Waals surface area contributed by atoms with Gasteiger partial charge in [-0.1, -0.05) is 0 Å². The molecule has 2 aromatic rings. The lowest BCUT2D eigenvalue weighted by atomic mass is 10.0. The molecular formula is C14H15N3O3. The Morgan fingerprint density at radius 2 is 2.00 bits per heavy atom. The molecule has 0 unspecified atom stereocenters. The van der Waals surface area contributed by atoms with Crippen molar-refractivity contribution in [2.24, 2.45) is 7.05 Å². The van der Waals surface area contributed by atoms with Crippen molar-refractivity contribution < 1.29 is 14.7 Å². The quantitative estimate of drug-likeness (QED) is 0.895. The molecule has 0 saturated carbocycles. The molecule has 6 heteroatoms. The van der Waals surface area contributed by atoms with Crippen molar-refractivity contribution in [1.29, 1.82) is 0 Å². The van der Waals surface area contributed by atoms with Gasteiger partial charge in [-0.2, -0.15) is 5.10 Å². The predicted molar refractivity (Wildman–Crippen MR) is 74.0 cm³/mol. The summed E-state index contributed by atoms with van der Waals surface area (Å²) in [4.78, 5) is 23.1. The molecule has 2 rings (SSSR count). The Morgan fingerprint density at radius 3 is 2.55 bits per heavy atom. The van der Waals surface area contributed by atoms with Crippen LogP contribution in [0.1, 0.15) is 32.0 Å². The number of aryl methyl sites for hydroxylation is 2. The number of rotatable bonds is 3. The van der Waals surface area contributed by atoms with E-state index in [2.05, 4.69) is 10.4 Å². The van der Waals surface area contributed by atoms with Crippen LogP contribution in [-0.2, 0) is 7.05 Å². The molecule has 6 nitrogen and oxygen atoms in total. The van der Waals surface area contributed by atoms with Gasteiger partial charge in [-0.15, -0.1) is 0 Å². The fraction of sp³-hybridized carbons (Fsp3) is 0.214. The molecule has 1 heterocycles. The van der Waals surface area contributed by atoms with Crippen LogP contribution in [0, 0.1) is 13.8 Å². The largest absolute Gasteiger partial charge is 0.478 e. The van der Waals surface area contributed by atoms with E-state index < -0.39 is 5.97 Å². The molecule has 0 atom stereocenters. The van der Waals surface area contributed by atoms with Crippen molar-refractivity contribution >= 4 is 17.6 Å². The number of aromatic carboxylic acids is 1. The maximum absolute atomic E-state index is 12.0.